The molecule has 6 heteroatoms. The number of para-hydroxylation sites is 1. The van der Waals surface area contributed by atoms with Gasteiger partial charge in [0.1, 0.15) is 11.9 Å². The quantitative estimate of drug-likeness (QED) is 0.682. The molecule has 1 saturated carbocycles. The summed E-state index contributed by atoms with van der Waals surface area (Å²) in [5.74, 6) is 0.434. The van der Waals surface area contributed by atoms with Gasteiger partial charge in [-0.15, -0.1) is 0 Å². The maximum atomic E-state index is 13.1. The molecule has 1 aliphatic carbocycles. The van der Waals surface area contributed by atoms with Gasteiger partial charge in [-0.1, -0.05) is 38.0 Å². The van der Waals surface area contributed by atoms with Crippen LogP contribution >= 0.6 is 0 Å². The third-order valence-corrected chi connectivity index (χ3v) is 6.17. The SMILES string of the molecule is CCC(O)CN(CC(=O)Nc1c(C#N)c(C)c(C)n1C1CCCC1)c1ccccc1. The third kappa shape index (κ3) is 4.68. The van der Waals surface area contributed by atoms with E-state index in [-0.39, 0.29) is 12.5 Å². The van der Waals surface area contributed by atoms with E-state index in [0.717, 1.165) is 29.8 Å². The van der Waals surface area contributed by atoms with Crippen molar-refractivity contribution >= 4 is 17.4 Å². The monoisotopic (exact) mass is 408 g/mol. The number of benzene rings is 1. The lowest BCUT2D eigenvalue weighted by Crippen LogP contribution is -2.38. The molecule has 1 aromatic carbocycles. The summed E-state index contributed by atoms with van der Waals surface area (Å²) in [5.41, 5.74) is 3.42. The molecule has 1 fully saturated rings. The lowest BCUT2D eigenvalue weighted by molar-refractivity contribution is -0.115. The molecule has 1 unspecified atom stereocenters. The number of rotatable bonds is 8. The van der Waals surface area contributed by atoms with Crippen LogP contribution in [0.1, 0.15) is 61.9 Å². The molecular formula is C24H32N4O2. The molecular weight excluding hydrogens is 376 g/mol. The number of nitrogens with zero attached hydrogens (tertiary/aromatic N) is 3. The average molecular weight is 409 g/mol. The Kier molecular flexibility index (Phi) is 7.17. The molecule has 1 aromatic heterocycles. The second-order valence-electron chi connectivity index (χ2n) is 8.18. The Morgan fingerprint density at radius 1 is 1.30 bits per heavy atom. The van der Waals surface area contributed by atoms with Crippen LogP contribution in [0.2, 0.25) is 0 Å². The van der Waals surface area contributed by atoms with Gasteiger partial charge in [-0.05, 0) is 50.8 Å². The number of aliphatic hydroxyl groups excluding tert-OH is 1. The third-order valence-electron chi connectivity index (χ3n) is 6.17. The van der Waals surface area contributed by atoms with Crippen molar-refractivity contribution in [2.75, 3.05) is 23.3 Å². The molecule has 0 bridgehead atoms. The van der Waals surface area contributed by atoms with E-state index in [4.69, 9.17) is 0 Å². The molecule has 1 heterocycles. The fourth-order valence-electron chi connectivity index (χ4n) is 4.33. The van der Waals surface area contributed by atoms with Crippen LogP contribution in [-0.2, 0) is 4.79 Å². The Morgan fingerprint density at radius 2 is 1.97 bits per heavy atom. The second-order valence-corrected chi connectivity index (χ2v) is 8.18. The summed E-state index contributed by atoms with van der Waals surface area (Å²) in [4.78, 5) is 15.0. The van der Waals surface area contributed by atoms with Gasteiger partial charge in [-0.25, -0.2) is 0 Å². The van der Waals surface area contributed by atoms with E-state index in [9.17, 15) is 15.2 Å². The highest BCUT2D eigenvalue weighted by Gasteiger charge is 2.27. The minimum Gasteiger partial charge on any atom is -0.391 e. The number of carbonyl (C=O) groups is 1. The summed E-state index contributed by atoms with van der Waals surface area (Å²) in [6.07, 6.45) is 4.59. The lowest BCUT2D eigenvalue weighted by Gasteiger charge is -2.27. The van der Waals surface area contributed by atoms with E-state index in [1.165, 1.54) is 12.8 Å². The van der Waals surface area contributed by atoms with Crippen molar-refractivity contribution in [1.29, 1.82) is 5.26 Å². The van der Waals surface area contributed by atoms with E-state index in [1.54, 1.807) is 0 Å². The van der Waals surface area contributed by atoms with Crippen molar-refractivity contribution in [3.05, 3.63) is 47.2 Å². The second kappa shape index (κ2) is 9.82. The molecule has 1 aliphatic rings. The summed E-state index contributed by atoms with van der Waals surface area (Å²) >= 11 is 0. The molecule has 30 heavy (non-hydrogen) atoms. The van der Waals surface area contributed by atoms with Gasteiger partial charge in [0, 0.05) is 24.0 Å². The summed E-state index contributed by atoms with van der Waals surface area (Å²) in [5, 5.41) is 23.0. The number of carbonyl (C=O) groups excluding carboxylic acids is 1. The lowest BCUT2D eigenvalue weighted by atomic mass is 10.2. The van der Waals surface area contributed by atoms with Gasteiger partial charge in [-0.3, -0.25) is 4.79 Å². The first kappa shape index (κ1) is 21.9. The number of hydrogen-bond donors (Lipinski definition) is 2. The Bertz CT molecular complexity index is 908. The summed E-state index contributed by atoms with van der Waals surface area (Å²) in [6, 6.07) is 12.3. The van der Waals surface area contributed by atoms with E-state index >= 15 is 0 Å². The molecule has 1 atom stereocenters. The van der Waals surface area contributed by atoms with E-state index in [0.29, 0.717) is 30.4 Å². The summed E-state index contributed by atoms with van der Waals surface area (Å²) < 4.78 is 2.16. The van der Waals surface area contributed by atoms with Crippen molar-refractivity contribution in [2.45, 2.75) is 65.0 Å². The van der Waals surface area contributed by atoms with Crippen LogP contribution in [0.4, 0.5) is 11.5 Å². The maximum absolute atomic E-state index is 13.1. The Labute approximate surface area is 179 Å². The average Bonchev–Trinajstić information content (AvgIpc) is 3.35. The van der Waals surface area contributed by atoms with Crippen LogP contribution in [0.15, 0.2) is 30.3 Å². The molecule has 1 amide bonds. The molecule has 6 nitrogen and oxygen atoms in total. The molecule has 0 aliphatic heterocycles. The largest absolute Gasteiger partial charge is 0.391 e. The minimum absolute atomic E-state index is 0.111. The number of hydrogen-bond acceptors (Lipinski definition) is 4. The van der Waals surface area contributed by atoms with Crippen LogP contribution < -0.4 is 10.2 Å². The Morgan fingerprint density at radius 3 is 2.57 bits per heavy atom. The first-order chi connectivity index (χ1) is 14.5. The van der Waals surface area contributed by atoms with Gasteiger partial charge in [-0.2, -0.15) is 5.26 Å². The van der Waals surface area contributed by atoms with Gasteiger partial charge < -0.3 is 19.9 Å². The van der Waals surface area contributed by atoms with Crippen LogP contribution in [0, 0.1) is 25.2 Å². The zero-order chi connectivity index (χ0) is 21.7. The predicted octanol–water partition coefficient (Wildman–Crippen LogP) is 4.31. The molecule has 3 rings (SSSR count). The molecule has 2 aromatic rings. The van der Waals surface area contributed by atoms with Crippen LogP contribution in [0.25, 0.3) is 0 Å². The number of amides is 1. The zero-order valence-electron chi connectivity index (χ0n) is 18.2. The van der Waals surface area contributed by atoms with Gasteiger partial charge in [0.25, 0.3) is 0 Å². The summed E-state index contributed by atoms with van der Waals surface area (Å²) in [6.45, 7) is 6.38. The fraction of sp³-hybridized carbons (Fsp3) is 0.500. The number of anilines is 2. The zero-order valence-corrected chi connectivity index (χ0v) is 18.2. The van der Waals surface area contributed by atoms with Gasteiger partial charge >= 0.3 is 0 Å². The molecule has 2 N–H and O–H groups in total. The normalized spacial score (nSPS) is 15.0. The fourth-order valence-corrected chi connectivity index (χ4v) is 4.33. The maximum Gasteiger partial charge on any atom is 0.245 e. The van der Waals surface area contributed by atoms with Crippen molar-refractivity contribution in [1.82, 2.24) is 4.57 Å². The Balaban J connectivity index is 1.85. The summed E-state index contributed by atoms with van der Waals surface area (Å²) in [7, 11) is 0. The standard InChI is InChI=1S/C24H32N4O2/c1-4-21(29)15-27(19-10-6-5-7-11-19)16-23(30)26-24-22(14-25)17(2)18(3)28(24)20-12-8-9-13-20/h5-7,10-11,20-21,29H,4,8-9,12-13,15-16H2,1-3H3,(H,26,30). The van der Waals surface area contributed by atoms with E-state index < -0.39 is 6.10 Å². The highest BCUT2D eigenvalue weighted by atomic mass is 16.3. The van der Waals surface area contributed by atoms with Crippen molar-refractivity contribution in [3.8, 4) is 6.07 Å². The number of aliphatic hydroxyl groups is 1. The predicted molar refractivity (Wildman–Crippen MR) is 120 cm³/mol. The number of nitriles is 1. The van der Waals surface area contributed by atoms with Crippen molar-refractivity contribution in [2.24, 2.45) is 0 Å². The number of nitrogens with one attached hydrogen (secondary N) is 1. The number of aromatic nitrogens is 1. The van der Waals surface area contributed by atoms with Gasteiger partial charge in [0.05, 0.1) is 18.2 Å². The highest BCUT2D eigenvalue weighted by Crippen LogP contribution is 2.37. The molecule has 0 spiro atoms. The van der Waals surface area contributed by atoms with Crippen molar-refractivity contribution in [3.63, 3.8) is 0 Å². The topological polar surface area (TPSA) is 81.3 Å². The minimum atomic E-state index is -0.514. The molecule has 160 valence electrons. The molecule has 0 radical (unpaired) electrons. The van der Waals surface area contributed by atoms with Crippen molar-refractivity contribution < 1.29 is 9.90 Å². The molecule has 0 saturated heterocycles. The van der Waals surface area contributed by atoms with E-state index in [2.05, 4.69) is 16.0 Å². The van der Waals surface area contributed by atoms with Crippen LogP contribution in [0.3, 0.4) is 0 Å². The highest BCUT2D eigenvalue weighted by molar-refractivity contribution is 5.95. The van der Waals surface area contributed by atoms with Gasteiger partial charge in [0.15, 0.2) is 0 Å². The van der Waals surface area contributed by atoms with Gasteiger partial charge in [0.2, 0.25) is 5.91 Å². The Hall–Kier alpha value is -2.78. The smallest absolute Gasteiger partial charge is 0.245 e. The van der Waals surface area contributed by atoms with Crippen LogP contribution in [-0.4, -0.2) is 34.8 Å². The first-order valence-corrected chi connectivity index (χ1v) is 10.9. The van der Waals surface area contributed by atoms with Crippen LogP contribution in [0.5, 0.6) is 0 Å². The first-order valence-electron chi connectivity index (χ1n) is 10.9. The van der Waals surface area contributed by atoms with E-state index in [1.807, 2.05) is 56.0 Å².